The van der Waals surface area contributed by atoms with E-state index in [1.807, 2.05) is 6.07 Å². The second-order valence-electron chi connectivity index (χ2n) is 5.06. The van der Waals surface area contributed by atoms with Crippen molar-refractivity contribution >= 4 is 39.3 Å². The fourth-order valence-electron chi connectivity index (χ4n) is 2.08. The molecule has 0 saturated heterocycles. The number of hydrogen-bond donors (Lipinski definition) is 2. The maximum Gasteiger partial charge on any atom is 0.251 e. The summed E-state index contributed by atoms with van der Waals surface area (Å²) in [5, 5.41) is 11.9. The van der Waals surface area contributed by atoms with E-state index in [0.717, 1.165) is 10.0 Å². The topological polar surface area (TPSA) is 96.0 Å². The highest BCUT2D eigenvalue weighted by Crippen LogP contribution is 2.22. The molecule has 5 nitrogen and oxygen atoms in total. The monoisotopic (exact) mass is 405 g/mol. The minimum atomic E-state index is -0.886. The van der Waals surface area contributed by atoms with Gasteiger partial charge in [0, 0.05) is 21.5 Å². The molecular weight excluding hydrogens is 394 g/mol. The summed E-state index contributed by atoms with van der Waals surface area (Å²) in [5.74, 6) is -1.09. The second kappa shape index (κ2) is 7.95. The van der Waals surface area contributed by atoms with Crippen molar-refractivity contribution in [1.82, 2.24) is 5.32 Å². The third-order valence-corrected chi connectivity index (χ3v) is 4.37. The average Bonchev–Trinajstić information content (AvgIpc) is 2.57. The highest BCUT2D eigenvalue weighted by Gasteiger charge is 2.20. The Morgan fingerprint density at radius 2 is 1.92 bits per heavy atom. The number of amides is 2. The molecule has 0 aliphatic rings. The van der Waals surface area contributed by atoms with E-state index in [1.54, 1.807) is 18.2 Å². The molecule has 2 aromatic rings. The molecule has 0 aliphatic heterocycles. The molecule has 0 aromatic heterocycles. The van der Waals surface area contributed by atoms with Gasteiger partial charge >= 0.3 is 0 Å². The first-order valence-corrected chi connectivity index (χ1v) is 8.12. The molecule has 24 heavy (non-hydrogen) atoms. The van der Waals surface area contributed by atoms with Gasteiger partial charge in [0.15, 0.2) is 0 Å². The van der Waals surface area contributed by atoms with E-state index in [4.69, 9.17) is 22.6 Å². The Balaban J connectivity index is 2.16. The van der Waals surface area contributed by atoms with Gasteiger partial charge in [0.25, 0.3) is 5.91 Å². The Morgan fingerprint density at radius 1 is 1.25 bits per heavy atom. The van der Waals surface area contributed by atoms with Crippen molar-refractivity contribution < 1.29 is 9.59 Å². The molecule has 0 unspecified atom stereocenters. The van der Waals surface area contributed by atoms with E-state index in [9.17, 15) is 9.59 Å². The summed E-state index contributed by atoms with van der Waals surface area (Å²) >= 11 is 9.34. The molecule has 3 N–H and O–H groups in total. The van der Waals surface area contributed by atoms with Crippen molar-refractivity contribution in [2.45, 2.75) is 12.5 Å². The number of benzene rings is 2. The molecule has 0 spiro atoms. The van der Waals surface area contributed by atoms with Gasteiger partial charge in [-0.3, -0.25) is 9.59 Å². The molecule has 2 aromatic carbocycles. The van der Waals surface area contributed by atoms with E-state index in [2.05, 4.69) is 21.2 Å². The van der Waals surface area contributed by atoms with Crippen LogP contribution < -0.4 is 11.1 Å². The zero-order valence-electron chi connectivity index (χ0n) is 12.4. The number of primary amides is 1. The summed E-state index contributed by atoms with van der Waals surface area (Å²) in [5.41, 5.74) is 6.94. The third-order valence-electron chi connectivity index (χ3n) is 3.36. The number of nitrogens with one attached hydrogen (secondary N) is 1. The molecule has 0 radical (unpaired) electrons. The van der Waals surface area contributed by atoms with Crippen LogP contribution in [-0.2, 0) is 11.2 Å². The summed E-state index contributed by atoms with van der Waals surface area (Å²) < 4.78 is 0.769. The number of nitrogens with zero attached hydrogens (tertiary/aromatic N) is 1. The van der Waals surface area contributed by atoms with Gasteiger partial charge in [-0.15, -0.1) is 0 Å². The summed E-state index contributed by atoms with van der Waals surface area (Å²) in [6.45, 7) is 0. The number of carbonyl (C=O) groups is 2. The molecule has 122 valence electrons. The minimum Gasteiger partial charge on any atom is -0.368 e. The van der Waals surface area contributed by atoms with Crippen LogP contribution in [0.4, 0.5) is 0 Å². The second-order valence-corrected chi connectivity index (χ2v) is 6.35. The van der Waals surface area contributed by atoms with E-state index in [1.165, 1.54) is 24.3 Å². The normalized spacial score (nSPS) is 11.4. The van der Waals surface area contributed by atoms with Crippen LogP contribution in [0.5, 0.6) is 0 Å². The Labute approximate surface area is 152 Å². The van der Waals surface area contributed by atoms with E-state index in [0.29, 0.717) is 16.1 Å². The summed E-state index contributed by atoms with van der Waals surface area (Å²) in [4.78, 5) is 23.9. The number of halogens is 2. The molecule has 0 saturated carbocycles. The molecule has 2 rings (SSSR count). The fraction of sp³-hybridized carbons (Fsp3) is 0.118. The van der Waals surface area contributed by atoms with Crippen LogP contribution in [-0.4, -0.2) is 17.9 Å². The van der Waals surface area contributed by atoms with Gasteiger partial charge in [0.2, 0.25) is 5.91 Å². The number of rotatable bonds is 5. The first-order chi connectivity index (χ1) is 11.4. The molecule has 1 atom stereocenters. The summed E-state index contributed by atoms with van der Waals surface area (Å²) in [7, 11) is 0. The van der Waals surface area contributed by atoms with Gasteiger partial charge in [-0.2, -0.15) is 5.26 Å². The zero-order chi connectivity index (χ0) is 17.7. The molecule has 0 heterocycles. The molecule has 0 aliphatic carbocycles. The lowest BCUT2D eigenvalue weighted by Crippen LogP contribution is -2.45. The predicted molar refractivity (Wildman–Crippen MR) is 94.5 cm³/mol. The predicted octanol–water partition coefficient (Wildman–Crippen LogP) is 2.80. The maximum atomic E-state index is 12.3. The zero-order valence-corrected chi connectivity index (χ0v) is 14.8. The minimum absolute atomic E-state index is 0.207. The Hall–Kier alpha value is -2.36. The first kappa shape index (κ1) is 18.0. The van der Waals surface area contributed by atoms with Crippen LogP contribution in [0.25, 0.3) is 0 Å². The molecule has 0 fully saturated rings. The summed E-state index contributed by atoms with van der Waals surface area (Å²) in [6.07, 6.45) is 0.207. The largest absolute Gasteiger partial charge is 0.368 e. The average molecular weight is 407 g/mol. The van der Waals surface area contributed by atoms with Crippen molar-refractivity contribution in [1.29, 1.82) is 5.26 Å². The van der Waals surface area contributed by atoms with E-state index >= 15 is 0 Å². The van der Waals surface area contributed by atoms with Gasteiger partial charge in [-0.05, 0) is 48.0 Å². The van der Waals surface area contributed by atoms with Gasteiger partial charge in [0.05, 0.1) is 11.6 Å². The van der Waals surface area contributed by atoms with E-state index in [-0.39, 0.29) is 6.42 Å². The number of nitriles is 1. The lowest BCUT2D eigenvalue weighted by molar-refractivity contribution is -0.119. The molecule has 0 bridgehead atoms. The number of carbonyl (C=O) groups excluding carboxylic acids is 2. The molecule has 7 heteroatoms. The van der Waals surface area contributed by atoms with Crippen molar-refractivity contribution in [3.63, 3.8) is 0 Å². The van der Waals surface area contributed by atoms with Crippen LogP contribution >= 0.6 is 27.5 Å². The van der Waals surface area contributed by atoms with Crippen molar-refractivity contribution in [3.05, 3.63) is 68.7 Å². The lowest BCUT2D eigenvalue weighted by atomic mass is 10.0. The SMILES string of the molecule is N#Cc1ccc(C(=O)N[C@@H](Cc2cc(Cl)ccc2Br)C(N)=O)cc1. The van der Waals surface area contributed by atoms with Crippen LogP contribution in [0.3, 0.4) is 0 Å². The Kier molecular flexibility index (Phi) is 5.96. The Morgan fingerprint density at radius 3 is 2.50 bits per heavy atom. The smallest absolute Gasteiger partial charge is 0.251 e. The maximum absolute atomic E-state index is 12.3. The first-order valence-electron chi connectivity index (χ1n) is 6.95. The highest BCUT2D eigenvalue weighted by molar-refractivity contribution is 9.10. The van der Waals surface area contributed by atoms with Crippen molar-refractivity contribution in [2.24, 2.45) is 5.73 Å². The quantitative estimate of drug-likeness (QED) is 0.799. The van der Waals surface area contributed by atoms with E-state index < -0.39 is 17.9 Å². The summed E-state index contributed by atoms with van der Waals surface area (Å²) in [6, 6.07) is 12.4. The van der Waals surface area contributed by atoms with Crippen LogP contribution in [0.1, 0.15) is 21.5 Å². The van der Waals surface area contributed by atoms with Gasteiger partial charge in [0.1, 0.15) is 6.04 Å². The van der Waals surface area contributed by atoms with Crippen molar-refractivity contribution in [2.75, 3.05) is 0 Å². The third kappa shape index (κ3) is 4.57. The highest BCUT2D eigenvalue weighted by atomic mass is 79.9. The molecular formula is C17H13BrClN3O2. The standard InChI is InChI=1S/C17H13BrClN3O2/c18-14-6-5-13(19)7-12(14)8-15(16(21)23)22-17(24)11-3-1-10(9-20)2-4-11/h1-7,15H,8H2,(H2,21,23)(H,22,24)/t15-/m0/s1. The number of hydrogen-bond acceptors (Lipinski definition) is 3. The van der Waals surface area contributed by atoms with Crippen LogP contribution in [0.2, 0.25) is 5.02 Å². The van der Waals surface area contributed by atoms with Gasteiger partial charge < -0.3 is 11.1 Å². The van der Waals surface area contributed by atoms with Crippen molar-refractivity contribution in [3.8, 4) is 6.07 Å². The van der Waals surface area contributed by atoms with Crippen LogP contribution in [0.15, 0.2) is 46.9 Å². The van der Waals surface area contributed by atoms with Gasteiger partial charge in [-0.25, -0.2) is 0 Å². The fourth-order valence-corrected chi connectivity index (χ4v) is 2.68. The van der Waals surface area contributed by atoms with Gasteiger partial charge in [-0.1, -0.05) is 27.5 Å². The molecule has 2 amide bonds. The van der Waals surface area contributed by atoms with Crippen LogP contribution in [0, 0.1) is 11.3 Å². The Bertz CT molecular complexity index is 816. The lowest BCUT2D eigenvalue weighted by Gasteiger charge is -2.16. The number of nitrogens with two attached hydrogens (primary N) is 1.